The number of nitrogens with one attached hydrogen (secondary N) is 2. The number of Topliss-reactive ketones (excluding diaryl/α,β-unsaturated/α-hetero) is 1. The van der Waals surface area contributed by atoms with Gasteiger partial charge in [0.25, 0.3) is 6.61 Å². The van der Waals surface area contributed by atoms with Gasteiger partial charge in [0, 0.05) is 24.6 Å². The summed E-state index contributed by atoms with van der Waals surface area (Å²) in [6.07, 6.45) is 25.1. The molecule has 2 aliphatic rings. The van der Waals surface area contributed by atoms with Crippen LogP contribution in [0.4, 0.5) is 5.13 Å². The Hall–Kier alpha value is -2.72. The third-order valence-corrected chi connectivity index (χ3v) is 11.3. The lowest BCUT2D eigenvalue weighted by Gasteiger charge is -2.25. The van der Waals surface area contributed by atoms with E-state index >= 15 is 0 Å². The molecule has 3 rings (SSSR count). The van der Waals surface area contributed by atoms with Gasteiger partial charge in [0.2, 0.25) is 15.8 Å². The van der Waals surface area contributed by atoms with Crippen molar-refractivity contribution in [2.45, 2.75) is 143 Å². The van der Waals surface area contributed by atoms with Crippen LogP contribution in [0.15, 0.2) is 40.8 Å². The first-order valence-corrected chi connectivity index (χ1v) is 21.0. The van der Waals surface area contributed by atoms with Crippen LogP contribution in [0.2, 0.25) is 0 Å². The van der Waals surface area contributed by atoms with Crippen LogP contribution in [-0.4, -0.2) is 49.0 Å². The van der Waals surface area contributed by atoms with Gasteiger partial charge in [-0.1, -0.05) is 122 Å². The number of allylic oxidation sites excluding steroid dienone is 5. The molecule has 0 radical (unpaired) electrons. The molecule has 10 heteroatoms. The molecule has 3 N–H and O–H groups in total. The molecule has 0 saturated carbocycles. The number of unbranched alkanes of at least 4 members (excludes halogenated alkanes) is 15. The highest BCUT2D eigenvalue weighted by Crippen LogP contribution is 2.43. The number of carbonyl (C=O) groups excluding carboxylic acids is 2. The van der Waals surface area contributed by atoms with Gasteiger partial charge in [-0.05, 0) is 32.3 Å². The van der Waals surface area contributed by atoms with Crippen LogP contribution in [0.1, 0.15) is 147 Å². The Morgan fingerprint density at radius 2 is 1.38 bits per heavy atom. The number of aromatic nitrogens is 1. The number of carbonyl (C=O) groups is 1. The molecule has 2 aliphatic carbocycles. The molecule has 0 fully saturated rings. The van der Waals surface area contributed by atoms with Crippen molar-refractivity contribution in [2.24, 2.45) is 0 Å². The van der Waals surface area contributed by atoms with Gasteiger partial charge in [0.15, 0.2) is 5.13 Å². The molecule has 0 bridgehead atoms. The Labute approximate surface area is 294 Å². The summed E-state index contributed by atoms with van der Waals surface area (Å²) in [6.45, 7) is 9.68. The van der Waals surface area contributed by atoms with E-state index in [0.717, 1.165) is 51.5 Å². The number of aliphatic hydroxyl groups is 1. The Morgan fingerprint density at radius 1 is 0.792 bits per heavy atom. The predicted molar refractivity (Wildman–Crippen MR) is 201 cm³/mol. The van der Waals surface area contributed by atoms with Crippen molar-refractivity contribution in [3.05, 3.63) is 51.4 Å². The number of nitrogens with zero attached hydrogens (tertiary/aromatic N) is 1. The summed E-state index contributed by atoms with van der Waals surface area (Å²) in [5.41, 5.74) is 1.61. The van der Waals surface area contributed by atoms with E-state index in [1.54, 1.807) is 18.2 Å². The fourth-order valence-corrected chi connectivity index (χ4v) is 8.15. The predicted octanol–water partition coefficient (Wildman–Crippen LogP) is 9.57. The summed E-state index contributed by atoms with van der Waals surface area (Å²) in [5, 5.41) is 15.2. The molecule has 268 valence electrons. The van der Waals surface area contributed by atoms with Gasteiger partial charge in [0.05, 0.1) is 39.2 Å². The van der Waals surface area contributed by atoms with E-state index in [4.69, 9.17) is 4.42 Å². The van der Waals surface area contributed by atoms with E-state index in [9.17, 15) is 18.3 Å². The monoisotopic (exact) mass is 702 g/mol. The lowest BCUT2D eigenvalue weighted by molar-refractivity contribution is -0.456. The minimum atomic E-state index is -3.70. The number of sulfonamides is 1. The zero-order chi connectivity index (χ0) is 34.8. The van der Waals surface area contributed by atoms with Gasteiger partial charge in [-0.2, -0.15) is 0 Å². The molecular weight excluding hydrogens is 643 g/mol. The number of hydrogen-bond donors (Lipinski definition) is 3. The summed E-state index contributed by atoms with van der Waals surface area (Å²) in [4.78, 5) is 18.8. The maximum Gasteiger partial charge on any atom is 0.345 e. The Bertz CT molecular complexity index is 1450. The van der Waals surface area contributed by atoms with Gasteiger partial charge in [-0.3, -0.25) is 13.9 Å². The van der Waals surface area contributed by atoms with Crippen LogP contribution in [0, 0.1) is 6.92 Å². The molecule has 0 aromatic carbocycles. The van der Waals surface area contributed by atoms with E-state index in [1.165, 1.54) is 75.5 Å². The third kappa shape index (κ3) is 12.6. The second-order valence-electron chi connectivity index (χ2n) is 13.1. The maximum absolute atomic E-state index is 13.6. The fraction of sp³-hybridized carbons (Fsp3) is 0.658. The van der Waals surface area contributed by atoms with Crippen LogP contribution < -0.4 is 10.0 Å². The number of rotatable bonds is 25. The average Bonchev–Trinajstić information content (AvgIpc) is 3.41. The molecule has 1 aromatic rings. The Morgan fingerprint density at radius 3 is 1.98 bits per heavy atom. The van der Waals surface area contributed by atoms with Crippen molar-refractivity contribution < 1.29 is 22.7 Å². The smallest absolute Gasteiger partial charge is 0.345 e. The van der Waals surface area contributed by atoms with Crippen molar-refractivity contribution in [1.82, 2.24) is 9.71 Å². The summed E-state index contributed by atoms with van der Waals surface area (Å²) >= 11 is 1.35. The molecular formula is C38H60N3O5S2+. The molecule has 0 aliphatic heterocycles. The number of hydrogen-bond acceptors (Lipinski definition) is 7. The topological polar surface area (TPSA) is 120 Å². The van der Waals surface area contributed by atoms with Gasteiger partial charge in [0.1, 0.15) is 5.76 Å². The van der Waals surface area contributed by atoms with Gasteiger partial charge in [-0.15, -0.1) is 0 Å². The van der Waals surface area contributed by atoms with Crippen molar-refractivity contribution in [3.8, 4) is 0 Å². The fourth-order valence-electron chi connectivity index (χ4n) is 5.93. The minimum absolute atomic E-state index is 0.00396. The second-order valence-corrected chi connectivity index (χ2v) is 15.9. The number of aliphatic hydroxyl groups excluding tert-OH is 1. The summed E-state index contributed by atoms with van der Waals surface area (Å²) in [5.74, 6) is 0.0646. The summed E-state index contributed by atoms with van der Waals surface area (Å²) in [7, 11) is -3.70. The van der Waals surface area contributed by atoms with Crippen LogP contribution >= 0.6 is 11.3 Å². The quantitative estimate of drug-likeness (QED) is 0.0530. The van der Waals surface area contributed by atoms with Gasteiger partial charge < -0.3 is 10.4 Å². The van der Waals surface area contributed by atoms with Crippen molar-refractivity contribution in [3.63, 3.8) is 0 Å². The van der Waals surface area contributed by atoms with Gasteiger partial charge >= 0.3 is 5.78 Å². The lowest BCUT2D eigenvalue weighted by Crippen LogP contribution is -2.31. The van der Waals surface area contributed by atoms with Crippen molar-refractivity contribution in [1.29, 1.82) is 0 Å². The molecule has 1 aromatic heterocycles. The zero-order valence-corrected chi connectivity index (χ0v) is 31.6. The molecule has 0 atom stereocenters. The van der Waals surface area contributed by atoms with Crippen LogP contribution in [0.25, 0.3) is 5.57 Å². The SMILES string of the molecule is CCCCCCCCCCCCS(=O)(=O)NC1=CC(=[O+]\CCCCCCCC)/C=CC/1=C1/C(=O)C(c2sc(NCCCC)nc2C)=C1O. The molecule has 0 spiro atoms. The molecule has 0 amide bonds. The summed E-state index contributed by atoms with van der Waals surface area (Å²) < 4.78 is 35.3. The largest absolute Gasteiger partial charge is 0.506 e. The lowest BCUT2D eigenvalue weighted by atomic mass is 9.81. The highest BCUT2D eigenvalue weighted by atomic mass is 32.2. The highest BCUT2D eigenvalue weighted by Gasteiger charge is 2.40. The normalized spacial score (nSPS) is 17.3. The number of anilines is 1. The second kappa shape index (κ2) is 21.4. The summed E-state index contributed by atoms with van der Waals surface area (Å²) in [6, 6.07) is 0. The van der Waals surface area contributed by atoms with Crippen LogP contribution in [-0.2, 0) is 19.2 Å². The number of ketones is 2. The first kappa shape index (κ1) is 39.7. The van der Waals surface area contributed by atoms with E-state index in [-0.39, 0.29) is 34.1 Å². The van der Waals surface area contributed by atoms with Gasteiger partial charge in [-0.25, -0.2) is 13.4 Å². The van der Waals surface area contributed by atoms with Crippen molar-refractivity contribution in [2.75, 3.05) is 24.2 Å². The van der Waals surface area contributed by atoms with E-state index in [2.05, 4.69) is 35.8 Å². The van der Waals surface area contributed by atoms with Crippen LogP contribution in [0.3, 0.4) is 0 Å². The molecule has 8 nitrogen and oxygen atoms in total. The van der Waals surface area contributed by atoms with E-state index < -0.39 is 10.0 Å². The Balaban J connectivity index is 1.73. The number of aryl methyl sites for hydroxylation is 1. The van der Waals surface area contributed by atoms with E-state index in [1.807, 2.05) is 6.92 Å². The zero-order valence-electron chi connectivity index (χ0n) is 29.9. The van der Waals surface area contributed by atoms with E-state index in [0.29, 0.717) is 40.1 Å². The van der Waals surface area contributed by atoms with Crippen molar-refractivity contribution >= 4 is 43.6 Å². The molecule has 0 unspecified atom stereocenters. The molecule has 1 heterocycles. The first-order valence-electron chi connectivity index (χ1n) is 18.6. The average molecular weight is 703 g/mol. The minimum Gasteiger partial charge on any atom is -0.506 e. The first-order chi connectivity index (χ1) is 23.2. The third-order valence-electron chi connectivity index (χ3n) is 8.82. The maximum atomic E-state index is 13.6. The highest BCUT2D eigenvalue weighted by molar-refractivity contribution is 7.89. The number of thiazole rings is 1. The van der Waals surface area contributed by atoms with Crippen LogP contribution in [0.5, 0.6) is 0 Å². The molecule has 48 heavy (non-hydrogen) atoms. The molecule has 0 saturated heterocycles. The Kier molecular flexibility index (Phi) is 17.7. The standard InChI is InChI=1S/C38H59N3O5S2/c1-5-8-11-13-15-16-17-18-20-22-27-48(44,45)41-32-28-30(46-26-21-19-14-12-9-6-2)23-24-31(32)33-35(42)34(36(33)43)37-29(4)40-38(47-37)39-25-10-7-3/h23-24,28,41H,5-22,25-27H2,1-4H3,(H-,39,40,42,43)/p+1.